The number of amidine groups is 1. The van der Waals surface area contributed by atoms with Gasteiger partial charge in [-0.15, -0.1) is 0 Å². The normalized spacial score (nSPS) is 44.8. The van der Waals surface area contributed by atoms with E-state index in [0.29, 0.717) is 5.84 Å². The Bertz CT molecular complexity index is 454. The van der Waals surface area contributed by atoms with Crippen molar-refractivity contribution in [2.75, 3.05) is 6.61 Å². The topological polar surface area (TPSA) is 91.3 Å². The van der Waals surface area contributed by atoms with E-state index in [1.54, 1.807) is 24.1 Å². The molecule has 4 N–H and O–H groups in total. The molecule has 5 atom stereocenters. The second kappa shape index (κ2) is 4.68. The molecule has 20 heavy (non-hydrogen) atoms. The van der Waals surface area contributed by atoms with Crippen LogP contribution in [0.2, 0.25) is 0 Å². The zero-order chi connectivity index (χ0) is 14.5. The van der Waals surface area contributed by atoms with E-state index in [-0.39, 0.29) is 18.7 Å². The van der Waals surface area contributed by atoms with Crippen LogP contribution in [0.4, 0.5) is 4.39 Å². The van der Waals surface area contributed by atoms with Crippen molar-refractivity contribution < 1.29 is 19.3 Å². The number of hydrogen-bond acceptors (Lipinski definition) is 6. The summed E-state index contributed by atoms with van der Waals surface area (Å²) < 4.78 is 20.2. The average molecular weight is 285 g/mol. The maximum absolute atomic E-state index is 14.5. The highest BCUT2D eigenvalue weighted by molar-refractivity contribution is 5.91. The number of nitrogens with zero attached hydrogens (tertiary/aromatic N) is 2. The molecule has 112 valence electrons. The standard InChI is InChI=1S/C13H20FN3O3/c1-7-16-9(15)4-5-17(7)12-10(14)11(19)13(6-18,20-12)8-2-3-8/h4-5,7-8,10-12,18-19H,2-3,6H2,1H3,(H2,15,16)/t7?,10-,11+,12-,13+/m1/s1. The van der Waals surface area contributed by atoms with Crippen molar-refractivity contribution in [1.29, 1.82) is 0 Å². The van der Waals surface area contributed by atoms with Crippen molar-refractivity contribution in [3.63, 3.8) is 0 Å². The van der Waals surface area contributed by atoms with Gasteiger partial charge in [-0.05, 0) is 31.8 Å². The van der Waals surface area contributed by atoms with Gasteiger partial charge in [0.05, 0.1) is 6.61 Å². The molecule has 1 aliphatic carbocycles. The molecule has 0 spiro atoms. The van der Waals surface area contributed by atoms with Crippen molar-refractivity contribution in [1.82, 2.24) is 4.90 Å². The second-order valence-corrected chi connectivity index (χ2v) is 5.73. The molecule has 3 aliphatic rings. The van der Waals surface area contributed by atoms with Crippen molar-refractivity contribution in [3.8, 4) is 0 Å². The first-order valence-corrected chi connectivity index (χ1v) is 6.89. The predicted molar refractivity (Wildman–Crippen MR) is 70.4 cm³/mol. The Hall–Kier alpha value is -1.18. The van der Waals surface area contributed by atoms with E-state index in [2.05, 4.69) is 4.99 Å². The number of aliphatic imine (C=N–C) groups is 1. The van der Waals surface area contributed by atoms with Crippen LogP contribution < -0.4 is 5.73 Å². The molecular formula is C13H20FN3O3. The Balaban J connectivity index is 1.83. The lowest BCUT2D eigenvalue weighted by Gasteiger charge is -2.35. The van der Waals surface area contributed by atoms with Crippen LogP contribution in [-0.2, 0) is 4.74 Å². The van der Waals surface area contributed by atoms with Crippen LogP contribution in [0.1, 0.15) is 19.8 Å². The molecule has 0 bridgehead atoms. The minimum absolute atomic E-state index is 0.0170. The highest BCUT2D eigenvalue weighted by Crippen LogP contribution is 2.50. The number of aliphatic hydroxyl groups is 2. The van der Waals surface area contributed by atoms with Crippen molar-refractivity contribution in [2.24, 2.45) is 16.6 Å². The van der Waals surface area contributed by atoms with E-state index in [0.717, 1.165) is 12.8 Å². The first kappa shape index (κ1) is 13.8. The number of hydrogen-bond donors (Lipinski definition) is 3. The van der Waals surface area contributed by atoms with Crippen molar-refractivity contribution in [3.05, 3.63) is 12.3 Å². The van der Waals surface area contributed by atoms with Crippen LogP contribution in [0.5, 0.6) is 0 Å². The van der Waals surface area contributed by atoms with Crippen LogP contribution in [0.25, 0.3) is 0 Å². The maximum atomic E-state index is 14.5. The van der Waals surface area contributed by atoms with Crippen molar-refractivity contribution >= 4 is 5.84 Å². The van der Waals surface area contributed by atoms with E-state index >= 15 is 0 Å². The van der Waals surface area contributed by atoms with Crippen LogP contribution in [0, 0.1) is 5.92 Å². The summed E-state index contributed by atoms with van der Waals surface area (Å²) in [6, 6.07) is 0. The lowest BCUT2D eigenvalue weighted by molar-refractivity contribution is -0.154. The molecule has 1 saturated heterocycles. The molecule has 0 aromatic heterocycles. The summed E-state index contributed by atoms with van der Waals surface area (Å²) in [7, 11) is 0. The van der Waals surface area contributed by atoms with Gasteiger partial charge in [0, 0.05) is 6.20 Å². The van der Waals surface area contributed by atoms with Gasteiger partial charge in [0.1, 0.15) is 23.7 Å². The Kier molecular flexibility index (Phi) is 3.23. The summed E-state index contributed by atoms with van der Waals surface area (Å²) in [5.41, 5.74) is 4.41. The van der Waals surface area contributed by atoms with E-state index in [4.69, 9.17) is 10.5 Å². The van der Waals surface area contributed by atoms with Gasteiger partial charge in [-0.3, -0.25) is 0 Å². The molecule has 0 aromatic carbocycles. The average Bonchev–Trinajstić information content (AvgIpc) is 3.22. The van der Waals surface area contributed by atoms with E-state index in [1.807, 2.05) is 0 Å². The Labute approximate surface area is 116 Å². The van der Waals surface area contributed by atoms with Gasteiger partial charge in [0.15, 0.2) is 12.4 Å². The lowest BCUT2D eigenvalue weighted by atomic mass is 9.91. The molecule has 2 aliphatic heterocycles. The zero-order valence-electron chi connectivity index (χ0n) is 11.3. The van der Waals surface area contributed by atoms with Gasteiger partial charge in [0.25, 0.3) is 0 Å². The van der Waals surface area contributed by atoms with E-state index in [9.17, 15) is 14.6 Å². The third-order valence-corrected chi connectivity index (χ3v) is 4.41. The first-order chi connectivity index (χ1) is 9.49. The van der Waals surface area contributed by atoms with Crippen LogP contribution >= 0.6 is 0 Å². The highest BCUT2D eigenvalue weighted by Gasteiger charge is 2.62. The van der Waals surface area contributed by atoms with Gasteiger partial charge in [-0.2, -0.15) is 0 Å². The number of halogens is 1. The van der Waals surface area contributed by atoms with Gasteiger partial charge < -0.3 is 25.6 Å². The molecule has 2 fully saturated rings. The summed E-state index contributed by atoms with van der Waals surface area (Å²) in [4.78, 5) is 5.73. The third-order valence-electron chi connectivity index (χ3n) is 4.41. The Morgan fingerprint density at radius 1 is 1.60 bits per heavy atom. The fraction of sp³-hybridized carbons (Fsp3) is 0.769. The smallest absolute Gasteiger partial charge is 0.173 e. The molecule has 6 nitrogen and oxygen atoms in total. The van der Waals surface area contributed by atoms with Gasteiger partial charge in [0.2, 0.25) is 0 Å². The van der Waals surface area contributed by atoms with Crippen LogP contribution in [0.3, 0.4) is 0 Å². The largest absolute Gasteiger partial charge is 0.393 e. The highest BCUT2D eigenvalue weighted by atomic mass is 19.1. The summed E-state index contributed by atoms with van der Waals surface area (Å²) in [5.74, 6) is 0.390. The van der Waals surface area contributed by atoms with E-state index in [1.165, 1.54) is 0 Å². The molecule has 0 radical (unpaired) electrons. The number of aliphatic hydroxyl groups excluding tert-OH is 2. The van der Waals surface area contributed by atoms with Crippen molar-refractivity contribution in [2.45, 2.75) is 50.0 Å². The molecule has 7 heteroatoms. The molecule has 0 amide bonds. The van der Waals surface area contributed by atoms with Gasteiger partial charge in [-0.1, -0.05) is 0 Å². The number of nitrogens with two attached hydrogens (primary N) is 1. The van der Waals surface area contributed by atoms with E-state index < -0.39 is 24.1 Å². The number of alkyl halides is 1. The fourth-order valence-corrected chi connectivity index (χ4v) is 3.09. The molecule has 3 rings (SSSR count). The first-order valence-electron chi connectivity index (χ1n) is 6.89. The zero-order valence-corrected chi connectivity index (χ0v) is 11.3. The second-order valence-electron chi connectivity index (χ2n) is 5.73. The Morgan fingerprint density at radius 2 is 2.30 bits per heavy atom. The lowest BCUT2D eigenvalue weighted by Crippen LogP contribution is -2.47. The Morgan fingerprint density at radius 3 is 2.85 bits per heavy atom. The van der Waals surface area contributed by atoms with Gasteiger partial charge >= 0.3 is 0 Å². The summed E-state index contributed by atoms with van der Waals surface area (Å²) in [6.07, 6.45) is 0.625. The van der Waals surface area contributed by atoms with Gasteiger partial charge in [-0.25, -0.2) is 9.38 Å². The quantitative estimate of drug-likeness (QED) is 0.663. The molecular weight excluding hydrogens is 265 g/mol. The molecule has 1 saturated carbocycles. The number of ether oxygens (including phenoxy) is 1. The summed E-state index contributed by atoms with van der Waals surface area (Å²) >= 11 is 0. The fourth-order valence-electron chi connectivity index (χ4n) is 3.09. The predicted octanol–water partition coefficient (Wildman–Crippen LogP) is -0.285. The summed E-state index contributed by atoms with van der Waals surface area (Å²) in [5, 5.41) is 19.8. The molecule has 1 unspecified atom stereocenters. The minimum Gasteiger partial charge on any atom is -0.393 e. The summed E-state index contributed by atoms with van der Waals surface area (Å²) in [6.45, 7) is 1.39. The third kappa shape index (κ3) is 1.92. The maximum Gasteiger partial charge on any atom is 0.173 e. The number of rotatable bonds is 3. The molecule has 0 aromatic rings. The van der Waals surface area contributed by atoms with Crippen LogP contribution in [0.15, 0.2) is 17.3 Å². The minimum atomic E-state index is -1.59. The van der Waals surface area contributed by atoms with Crippen LogP contribution in [-0.4, -0.2) is 57.8 Å². The monoisotopic (exact) mass is 285 g/mol. The molecule has 2 heterocycles. The SMILES string of the molecule is CC1N=C(N)C=CN1[C@@H]1O[C@@](CO)(C2CC2)[C@@H](O)[C@H]1F.